The molecule has 78 valence electrons. The van der Waals surface area contributed by atoms with Gasteiger partial charge < -0.3 is 10.4 Å². The zero-order valence-electron chi connectivity index (χ0n) is 7.95. The highest BCUT2D eigenvalue weighted by Crippen LogP contribution is 1.99. The summed E-state index contributed by atoms with van der Waals surface area (Å²) in [7, 11) is 0. The summed E-state index contributed by atoms with van der Waals surface area (Å²) in [4.78, 5) is 21.3. The molecule has 0 radical (unpaired) electrons. The first-order valence-electron chi connectivity index (χ1n) is 4.15. The van der Waals surface area contributed by atoms with Crippen molar-refractivity contribution in [2.45, 2.75) is 19.4 Å². The fourth-order valence-corrected chi connectivity index (χ4v) is 1.27. The van der Waals surface area contributed by atoms with Crippen molar-refractivity contribution in [2.24, 2.45) is 0 Å². The van der Waals surface area contributed by atoms with E-state index in [-0.39, 0.29) is 23.5 Å². The van der Waals surface area contributed by atoms with Gasteiger partial charge >= 0.3 is 5.97 Å². The van der Waals surface area contributed by atoms with E-state index in [1.807, 2.05) is 6.92 Å². The lowest BCUT2D eigenvalue weighted by molar-refractivity contribution is -0.133. The average molecular weight is 215 g/mol. The van der Waals surface area contributed by atoms with E-state index in [4.69, 9.17) is 11.5 Å². The predicted molar refractivity (Wildman–Crippen MR) is 56.0 cm³/mol. The van der Waals surface area contributed by atoms with Gasteiger partial charge in [-0.3, -0.25) is 9.59 Å². The quantitative estimate of drug-likeness (QED) is 0.627. The molecule has 0 aromatic heterocycles. The molecule has 0 fully saturated rings. The number of amides is 1. The van der Waals surface area contributed by atoms with Gasteiger partial charge in [0.25, 0.3) is 0 Å². The first-order chi connectivity index (χ1) is 6.60. The van der Waals surface area contributed by atoms with E-state index < -0.39 is 5.97 Å². The lowest BCUT2D eigenvalue weighted by Crippen LogP contribution is -2.34. The fourth-order valence-electron chi connectivity index (χ4n) is 0.729. The van der Waals surface area contributed by atoms with Gasteiger partial charge in [0.2, 0.25) is 5.91 Å². The van der Waals surface area contributed by atoms with Gasteiger partial charge in [-0.15, -0.1) is 18.2 Å². The predicted octanol–water partition coefficient (Wildman–Crippen LogP) is 0.332. The molecule has 4 nitrogen and oxygen atoms in total. The van der Waals surface area contributed by atoms with Crippen LogP contribution in [0.5, 0.6) is 0 Å². The molecule has 0 spiro atoms. The van der Waals surface area contributed by atoms with Gasteiger partial charge in [-0.1, -0.05) is 12.8 Å². The molecule has 1 amide bonds. The van der Waals surface area contributed by atoms with E-state index >= 15 is 0 Å². The smallest absolute Gasteiger partial charge is 0.313 e. The van der Waals surface area contributed by atoms with Crippen molar-refractivity contribution in [1.82, 2.24) is 5.32 Å². The summed E-state index contributed by atoms with van der Waals surface area (Å²) in [6.45, 7) is 1.87. The minimum Gasteiger partial charge on any atom is -0.481 e. The molecule has 0 aliphatic rings. The summed E-state index contributed by atoms with van der Waals surface area (Å²) in [5, 5.41) is 10.9. The van der Waals surface area contributed by atoms with Crippen LogP contribution in [-0.2, 0) is 9.59 Å². The molecule has 0 heterocycles. The van der Waals surface area contributed by atoms with Crippen LogP contribution >= 0.6 is 11.8 Å². The number of carboxylic acid groups (broad SMARTS) is 1. The normalized spacial score (nSPS) is 11.4. The number of nitrogens with one attached hydrogen (secondary N) is 1. The van der Waals surface area contributed by atoms with Crippen molar-refractivity contribution in [3.63, 3.8) is 0 Å². The molecule has 0 rings (SSSR count). The number of thioether (sulfide) groups is 1. The van der Waals surface area contributed by atoms with Crippen LogP contribution in [0, 0.1) is 12.3 Å². The Morgan fingerprint density at radius 1 is 1.57 bits per heavy atom. The monoisotopic (exact) mass is 215 g/mol. The minimum atomic E-state index is -0.924. The molecule has 0 aromatic carbocycles. The summed E-state index contributed by atoms with van der Waals surface area (Å²) in [6, 6.07) is -0.257. The first-order valence-corrected chi connectivity index (χ1v) is 5.30. The Labute approximate surface area is 87.4 Å². The molecule has 1 unspecified atom stereocenters. The van der Waals surface area contributed by atoms with E-state index in [1.165, 1.54) is 0 Å². The van der Waals surface area contributed by atoms with Crippen LogP contribution in [0.25, 0.3) is 0 Å². The molecule has 5 heteroatoms. The Balaban J connectivity index is 3.65. The Morgan fingerprint density at radius 3 is 2.64 bits per heavy atom. The van der Waals surface area contributed by atoms with Crippen LogP contribution in [0.2, 0.25) is 0 Å². The van der Waals surface area contributed by atoms with Crippen molar-refractivity contribution in [3.05, 3.63) is 0 Å². The van der Waals surface area contributed by atoms with Crippen LogP contribution in [0.1, 0.15) is 13.3 Å². The summed E-state index contributed by atoms with van der Waals surface area (Å²) >= 11 is 1.05. The Bertz CT molecular complexity index is 247. The third-order valence-electron chi connectivity index (χ3n) is 1.40. The molecule has 1 atom stereocenters. The molecule has 0 bridgehead atoms. The molecule has 0 aliphatic carbocycles. The Kier molecular flexibility index (Phi) is 6.68. The maximum Gasteiger partial charge on any atom is 0.313 e. The molecule has 2 N–H and O–H groups in total. The fraction of sp³-hybridized carbons (Fsp3) is 0.556. The van der Waals surface area contributed by atoms with Crippen LogP contribution in [0.4, 0.5) is 0 Å². The number of hydrogen-bond donors (Lipinski definition) is 2. The molecule has 14 heavy (non-hydrogen) atoms. The van der Waals surface area contributed by atoms with Crippen molar-refractivity contribution >= 4 is 23.6 Å². The van der Waals surface area contributed by atoms with Gasteiger partial charge in [0.05, 0.1) is 17.5 Å². The topological polar surface area (TPSA) is 66.4 Å². The highest BCUT2D eigenvalue weighted by molar-refractivity contribution is 8.00. The highest BCUT2D eigenvalue weighted by atomic mass is 32.2. The van der Waals surface area contributed by atoms with E-state index in [0.29, 0.717) is 6.42 Å². The number of aliphatic carboxylic acids is 1. The first kappa shape index (κ1) is 12.8. The molecule has 0 aliphatic heterocycles. The summed E-state index contributed by atoms with van der Waals surface area (Å²) in [6.07, 6.45) is 5.82. The van der Waals surface area contributed by atoms with Gasteiger partial charge in [-0.05, 0) is 6.42 Å². The summed E-state index contributed by atoms with van der Waals surface area (Å²) in [5.41, 5.74) is 0. The summed E-state index contributed by atoms with van der Waals surface area (Å²) < 4.78 is 0. The third-order valence-corrected chi connectivity index (χ3v) is 2.32. The Hall–Kier alpha value is -1.15. The van der Waals surface area contributed by atoms with Gasteiger partial charge in [-0.25, -0.2) is 0 Å². The van der Waals surface area contributed by atoms with Crippen LogP contribution in [0.15, 0.2) is 0 Å². The Morgan fingerprint density at radius 2 is 2.21 bits per heavy atom. The standard InChI is InChI=1S/C9H13NO3S/c1-3-7(4-2)10-8(11)5-14-6-9(12)13/h1,7H,4-6H2,2H3,(H,10,11)(H,12,13). The number of carbonyl (C=O) groups excluding carboxylic acids is 1. The minimum absolute atomic E-state index is 0.0692. The number of carbonyl (C=O) groups is 2. The maximum absolute atomic E-state index is 11.1. The molecule has 0 aromatic rings. The lowest BCUT2D eigenvalue weighted by atomic mass is 10.2. The third kappa shape index (κ3) is 6.38. The molecule has 0 saturated carbocycles. The zero-order valence-corrected chi connectivity index (χ0v) is 8.76. The summed E-state index contributed by atoms with van der Waals surface area (Å²) in [5.74, 6) is 1.34. The van der Waals surface area contributed by atoms with E-state index in [1.54, 1.807) is 0 Å². The van der Waals surface area contributed by atoms with Gasteiger partial charge in [-0.2, -0.15) is 0 Å². The van der Waals surface area contributed by atoms with Gasteiger partial charge in [0.1, 0.15) is 0 Å². The van der Waals surface area contributed by atoms with Crippen molar-refractivity contribution in [3.8, 4) is 12.3 Å². The van der Waals surface area contributed by atoms with Crippen molar-refractivity contribution in [1.29, 1.82) is 0 Å². The SMILES string of the molecule is C#CC(CC)NC(=O)CSCC(=O)O. The second kappa shape index (κ2) is 7.27. The van der Waals surface area contributed by atoms with Crippen LogP contribution in [-0.4, -0.2) is 34.5 Å². The molecular formula is C9H13NO3S. The van der Waals surface area contributed by atoms with Crippen LogP contribution < -0.4 is 5.32 Å². The number of carboxylic acids is 1. The van der Waals surface area contributed by atoms with Crippen molar-refractivity contribution in [2.75, 3.05) is 11.5 Å². The molecule has 0 saturated heterocycles. The molecular weight excluding hydrogens is 202 g/mol. The van der Waals surface area contributed by atoms with Crippen LogP contribution in [0.3, 0.4) is 0 Å². The van der Waals surface area contributed by atoms with Crippen molar-refractivity contribution < 1.29 is 14.7 Å². The van der Waals surface area contributed by atoms with E-state index in [9.17, 15) is 9.59 Å². The highest BCUT2D eigenvalue weighted by Gasteiger charge is 2.07. The van der Waals surface area contributed by atoms with E-state index in [2.05, 4.69) is 11.2 Å². The largest absolute Gasteiger partial charge is 0.481 e. The lowest BCUT2D eigenvalue weighted by Gasteiger charge is -2.09. The van der Waals surface area contributed by atoms with Gasteiger partial charge in [0.15, 0.2) is 0 Å². The second-order valence-corrected chi connectivity index (χ2v) is 3.57. The zero-order chi connectivity index (χ0) is 11.0. The second-order valence-electron chi connectivity index (χ2n) is 2.58. The number of rotatable bonds is 6. The average Bonchev–Trinajstić information content (AvgIpc) is 2.13. The van der Waals surface area contributed by atoms with E-state index in [0.717, 1.165) is 11.8 Å². The maximum atomic E-state index is 11.1. The number of terminal acetylenes is 1. The number of hydrogen-bond acceptors (Lipinski definition) is 3. The van der Waals surface area contributed by atoms with Gasteiger partial charge in [0, 0.05) is 0 Å².